The number of carbonyl (C=O) groups excluding carboxylic acids is 1. The zero-order valence-corrected chi connectivity index (χ0v) is 13.6. The summed E-state index contributed by atoms with van der Waals surface area (Å²) in [6, 6.07) is 11.1. The second kappa shape index (κ2) is 7.10. The number of nitrogens with one attached hydrogen (secondary N) is 1. The van der Waals surface area contributed by atoms with Gasteiger partial charge in [-0.25, -0.2) is 4.98 Å². The number of thioether (sulfide) groups is 1. The van der Waals surface area contributed by atoms with Gasteiger partial charge in [-0.05, 0) is 48.5 Å². The van der Waals surface area contributed by atoms with Gasteiger partial charge < -0.3 is 4.74 Å². The van der Waals surface area contributed by atoms with Crippen molar-refractivity contribution in [3.05, 3.63) is 52.7 Å². The Morgan fingerprint density at radius 2 is 2.00 bits per heavy atom. The molecule has 2 aromatic rings. The Morgan fingerprint density at radius 3 is 2.59 bits per heavy atom. The Morgan fingerprint density at radius 1 is 1.32 bits per heavy atom. The first-order chi connectivity index (χ1) is 10.5. The van der Waals surface area contributed by atoms with E-state index in [9.17, 15) is 10.1 Å². The first-order valence-electron chi connectivity index (χ1n) is 6.79. The minimum Gasteiger partial charge on any atom is -0.497 e. The molecule has 1 aromatic carbocycles. The van der Waals surface area contributed by atoms with Crippen LogP contribution in [0.15, 0.2) is 35.4 Å². The Balaban J connectivity index is 2.12. The van der Waals surface area contributed by atoms with E-state index in [-0.39, 0.29) is 11.5 Å². The molecule has 2 rings (SSSR count). The zero-order valence-electron chi connectivity index (χ0n) is 12.8. The second-order valence-electron chi connectivity index (χ2n) is 4.89. The van der Waals surface area contributed by atoms with Crippen LogP contribution in [0.1, 0.15) is 27.2 Å². The van der Waals surface area contributed by atoms with Crippen molar-refractivity contribution in [1.29, 1.82) is 5.26 Å². The van der Waals surface area contributed by atoms with Crippen LogP contribution in [0.4, 0.5) is 0 Å². The summed E-state index contributed by atoms with van der Waals surface area (Å²) in [4.78, 5) is 15.4. The lowest BCUT2D eigenvalue weighted by Crippen LogP contribution is -2.15. The molecule has 0 aliphatic rings. The van der Waals surface area contributed by atoms with E-state index in [1.54, 1.807) is 31.4 Å². The van der Waals surface area contributed by atoms with Gasteiger partial charge in [0.05, 0.1) is 12.9 Å². The summed E-state index contributed by atoms with van der Waals surface area (Å²) in [5.74, 6) is 1.02. The van der Waals surface area contributed by atoms with E-state index >= 15 is 0 Å². The molecule has 1 N–H and O–H groups in total. The number of aryl methyl sites for hydroxylation is 2. The summed E-state index contributed by atoms with van der Waals surface area (Å²) in [5.41, 5.74) is 3.11. The maximum Gasteiger partial charge on any atom is 0.257 e. The molecule has 5 heteroatoms. The molecule has 0 amide bonds. The number of carbonyl (C=O) groups is 1. The molecule has 0 bridgehead atoms. The van der Waals surface area contributed by atoms with Crippen molar-refractivity contribution < 1.29 is 14.5 Å². The van der Waals surface area contributed by atoms with Crippen molar-refractivity contribution in [3.63, 3.8) is 0 Å². The number of nitriles is 1. The molecule has 1 heterocycles. The number of benzene rings is 1. The predicted octanol–water partition coefficient (Wildman–Crippen LogP) is 2.97. The highest BCUT2D eigenvalue weighted by molar-refractivity contribution is 7.99. The lowest BCUT2D eigenvalue weighted by atomic mass is 10.1. The molecule has 0 fully saturated rings. The lowest BCUT2D eigenvalue weighted by molar-refractivity contribution is -0.435. The van der Waals surface area contributed by atoms with E-state index in [4.69, 9.17) is 4.74 Å². The van der Waals surface area contributed by atoms with E-state index < -0.39 is 0 Å². The third-order valence-corrected chi connectivity index (χ3v) is 4.24. The van der Waals surface area contributed by atoms with Gasteiger partial charge in [-0.15, -0.1) is 0 Å². The first-order valence-corrected chi connectivity index (χ1v) is 7.77. The Labute approximate surface area is 134 Å². The molecule has 0 unspecified atom stereocenters. The highest BCUT2D eigenvalue weighted by Gasteiger charge is 2.17. The van der Waals surface area contributed by atoms with Crippen molar-refractivity contribution >= 4 is 17.5 Å². The van der Waals surface area contributed by atoms with Gasteiger partial charge in [-0.1, -0.05) is 0 Å². The molecule has 0 saturated heterocycles. The van der Waals surface area contributed by atoms with Gasteiger partial charge in [-0.3, -0.25) is 4.79 Å². The average Bonchev–Trinajstić information content (AvgIpc) is 2.52. The number of methoxy groups -OCH3 is 1. The first kappa shape index (κ1) is 16.1. The van der Waals surface area contributed by atoms with Crippen molar-refractivity contribution in [2.45, 2.75) is 18.9 Å². The van der Waals surface area contributed by atoms with Gasteiger partial charge in [0.15, 0.2) is 11.5 Å². The van der Waals surface area contributed by atoms with Gasteiger partial charge in [0.1, 0.15) is 17.4 Å². The number of H-pyrrole nitrogens is 1. The topological polar surface area (TPSA) is 64.2 Å². The molecular formula is C17H17N2O2S+. The van der Waals surface area contributed by atoms with Crippen LogP contribution in [-0.2, 0) is 0 Å². The van der Waals surface area contributed by atoms with Crippen LogP contribution >= 0.6 is 11.8 Å². The van der Waals surface area contributed by atoms with Crippen molar-refractivity contribution in [1.82, 2.24) is 0 Å². The Kier molecular flexibility index (Phi) is 5.18. The minimum absolute atomic E-state index is 0.0177. The zero-order chi connectivity index (χ0) is 16.1. The minimum atomic E-state index is 0.0177. The van der Waals surface area contributed by atoms with Crippen LogP contribution in [0.3, 0.4) is 0 Å². The Hall–Kier alpha value is -2.32. The van der Waals surface area contributed by atoms with Gasteiger partial charge in [0.25, 0.3) is 5.03 Å². The third kappa shape index (κ3) is 3.66. The molecule has 22 heavy (non-hydrogen) atoms. The van der Waals surface area contributed by atoms with Gasteiger partial charge in [0, 0.05) is 18.6 Å². The highest BCUT2D eigenvalue weighted by atomic mass is 32.2. The number of rotatable bonds is 5. The van der Waals surface area contributed by atoms with Crippen LogP contribution < -0.4 is 9.72 Å². The second-order valence-corrected chi connectivity index (χ2v) is 5.88. The summed E-state index contributed by atoms with van der Waals surface area (Å²) in [6.07, 6.45) is 0. The number of ether oxygens (including phenoxy) is 1. The van der Waals surface area contributed by atoms with E-state index in [1.807, 2.05) is 19.9 Å². The number of pyridine rings is 1. The van der Waals surface area contributed by atoms with E-state index in [0.29, 0.717) is 11.1 Å². The predicted molar refractivity (Wildman–Crippen MR) is 85.2 cm³/mol. The molecule has 0 saturated carbocycles. The van der Waals surface area contributed by atoms with Crippen LogP contribution in [0, 0.1) is 25.2 Å². The van der Waals surface area contributed by atoms with Crippen LogP contribution in [0.5, 0.6) is 5.75 Å². The standard InChI is InChI=1S/C17H16N2O2S/c1-11-8-12(2)19-17(15(11)9-18)22-10-16(20)13-4-6-14(21-3)7-5-13/h4-8H,10H2,1-3H3/p+1. The summed E-state index contributed by atoms with van der Waals surface area (Å²) in [5, 5.41) is 9.99. The summed E-state index contributed by atoms with van der Waals surface area (Å²) in [6.45, 7) is 3.83. The number of Topliss-reactive ketones (excluding diaryl/α,β-unsaturated/α-hetero) is 1. The average molecular weight is 313 g/mol. The van der Waals surface area contributed by atoms with Crippen molar-refractivity contribution in [2.75, 3.05) is 12.9 Å². The Bertz CT molecular complexity index is 734. The molecule has 0 aliphatic heterocycles. The quantitative estimate of drug-likeness (QED) is 0.629. The fourth-order valence-corrected chi connectivity index (χ4v) is 3.13. The number of aromatic nitrogens is 1. The normalized spacial score (nSPS) is 10.1. The van der Waals surface area contributed by atoms with Gasteiger partial charge >= 0.3 is 0 Å². The molecule has 0 aliphatic carbocycles. The third-order valence-electron chi connectivity index (χ3n) is 3.24. The number of ketones is 1. The molecule has 112 valence electrons. The monoisotopic (exact) mass is 313 g/mol. The largest absolute Gasteiger partial charge is 0.497 e. The number of hydrogen-bond acceptors (Lipinski definition) is 4. The smallest absolute Gasteiger partial charge is 0.257 e. The van der Waals surface area contributed by atoms with E-state index in [2.05, 4.69) is 11.1 Å². The van der Waals surface area contributed by atoms with Gasteiger partial charge in [-0.2, -0.15) is 5.26 Å². The molecule has 0 radical (unpaired) electrons. The SMILES string of the molecule is COc1ccc(C(=O)CSc2[nH+]c(C)cc(C)c2C#N)cc1. The highest BCUT2D eigenvalue weighted by Crippen LogP contribution is 2.22. The van der Waals surface area contributed by atoms with E-state index in [0.717, 1.165) is 22.0 Å². The summed E-state index contributed by atoms with van der Waals surface area (Å²) in [7, 11) is 1.59. The summed E-state index contributed by atoms with van der Waals surface area (Å²) >= 11 is 1.35. The van der Waals surface area contributed by atoms with Crippen LogP contribution in [0.25, 0.3) is 0 Å². The maximum absolute atomic E-state index is 12.2. The lowest BCUT2D eigenvalue weighted by Gasteiger charge is -2.03. The molecular weight excluding hydrogens is 296 g/mol. The van der Waals surface area contributed by atoms with E-state index in [1.165, 1.54) is 11.8 Å². The van der Waals surface area contributed by atoms with Crippen molar-refractivity contribution in [3.8, 4) is 11.8 Å². The van der Waals surface area contributed by atoms with Crippen LogP contribution in [0.2, 0.25) is 0 Å². The number of aromatic amines is 1. The summed E-state index contributed by atoms with van der Waals surface area (Å²) < 4.78 is 5.08. The van der Waals surface area contributed by atoms with Gasteiger partial charge in [0.2, 0.25) is 0 Å². The molecule has 4 nitrogen and oxygen atoms in total. The fourth-order valence-electron chi connectivity index (χ4n) is 2.10. The molecule has 0 atom stereocenters. The number of nitrogens with zero attached hydrogens (tertiary/aromatic N) is 1. The molecule has 1 aromatic heterocycles. The fraction of sp³-hybridized carbons (Fsp3) is 0.235. The number of hydrogen-bond donors (Lipinski definition) is 0. The maximum atomic E-state index is 12.2. The molecule has 0 spiro atoms. The van der Waals surface area contributed by atoms with Crippen molar-refractivity contribution in [2.24, 2.45) is 0 Å². The van der Waals surface area contributed by atoms with Crippen LogP contribution in [-0.4, -0.2) is 18.6 Å².